The van der Waals surface area contributed by atoms with Gasteiger partial charge in [0.2, 0.25) is 0 Å². The molecular formula is C13H21N3S. The van der Waals surface area contributed by atoms with Gasteiger partial charge in [0.05, 0.1) is 5.54 Å². The van der Waals surface area contributed by atoms with Crippen LogP contribution in [0.2, 0.25) is 0 Å². The number of rotatable bonds is 3. The van der Waals surface area contributed by atoms with Crippen LogP contribution in [0, 0.1) is 12.8 Å². The molecule has 1 aromatic rings. The molecule has 1 aliphatic carbocycles. The SMILES string of the molecule is Cc1csc(C2(NC3CC3)CCNCC2C)n1. The van der Waals surface area contributed by atoms with Crippen LogP contribution in [0.15, 0.2) is 5.38 Å². The summed E-state index contributed by atoms with van der Waals surface area (Å²) in [6.45, 7) is 6.63. The summed E-state index contributed by atoms with van der Waals surface area (Å²) in [4.78, 5) is 4.77. The van der Waals surface area contributed by atoms with Crippen molar-refractivity contribution in [2.24, 2.45) is 5.92 Å². The number of aromatic nitrogens is 1. The lowest BCUT2D eigenvalue weighted by atomic mass is 9.79. The Hall–Kier alpha value is -0.450. The molecule has 1 saturated carbocycles. The van der Waals surface area contributed by atoms with E-state index in [1.165, 1.54) is 17.8 Å². The number of aryl methyl sites for hydroxylation is 1. The molecule has 1 aromatic heterocycles. The van der Waals surface area contributed by atoms with Crippen molar-refractivity contribution >= 4 is 11.3 Å². The van der Waals surface area contributed by atoms with E-state index in [-0.39, 0.29) is 5.54 Å². The van der Waals surface area contributed by atoms with Gasteiger partial charge in [-0.1, -0.05) is 6.92 Å². The molecular weight excluding hydrogens is 230 g/mol. The van der Waals surface area contributed by atoms with Crippen molar-refractivity contribution in [2.75, 3.05) is 13.1 Å². The number of hydrogen-bond donors (Lipinski definition) is 2. The topological polar surface area (TPSA) is 37.0 Å². The van der Waals surface area contributed by atoms with Crippen molar-refractivity contribution in [3.63, 3.8) is 0 Å². The molecule has 0 aromatic carbocycles. The van der Waals surface area contributed by atoms with E-state index < -0.39 is 0 Å². The van der Waals surface area contributed by atoms with E-state index in [4.69, 9.17) is 4.98 Å². The molecule has 2 N–H and O–H groups in total. The number of thiazole rings is 1. The van der Waals surface area contributed by atoms with Crippen molar-refractivity contribution < 1.29 is 0 Å². The summed E-state index contributed by atoms with van der Waals surface area (Å²) in [6.07, 6.45) is 3.84. The first kappa shape index (κ1) is 11.6. The average molecular weight is 251 g/mol. The van der Waals surface area contributed by atoms with Gasteiger partial charge in [-0.3, -0.25) is 0 Å². The van der Waals surface area contributed by atoms with Gasteiger partial charge in [0, 0.05) is 17.1 Å². The predicted octanol–water partition coefficient (Wildman–Crippen LogP) is 2.03. The summed E-state index contributed by atoms with van der Waals surface area (Å²) in [7, 11) is 0. The number of hydrogen-bond acceptors (Lipinski definition) is 4. The maximum Gasteiger partial charge on any atom is 0.113 e. The van der Waals surface area contributed by atoms with Crippen molar-refractivity contribution in [2.45, 2.75) is 44.7 Å². The van der Waals surface area contributed by atoms with Gasteiger partial charge >= 0.3 is 0 Å². The minimum Gasteiger partial charge on any atom is -0.316 e. The van der Waals surface area contributed by atoms with Crippen LogP contribution in [0.3, 0.4) is 0 Å². The third-order valence-corrected chi connectivity index (χ3v) is 5.17. The monoisotopic (exact) mass is 251 g/mol. The lowest BCUT2D eigenvalue weighted by Gasteiger charge is -2.42. The van der Waals surface area contributed by atoms with E-state index in [1.54, 1.807) is 0 Å². The normalized spacial score (nSPS) is 33.9. The molecule has 2 heterocycles. The summed E-state index contributed by atoms with van der Waals surface area (Å²) < 4.78 is 0. The Morgan fingerprint density at radius 1 is 1.53 bits per heavy atom. The highest BCUT2D eigenvalue weighted by Gasteiger charge is 2.45. The molecule has 94 valence electrons. The van der Waals surface area contributed by atoms with Crippen molar-refractivity contribution in [1.29, 1.82) is 0 Å². The highest BCUT2D eigenvalue weighted by Crippen LogP contribution is 2.39. The fourth-order valence-corrected chi connectivity index (χ4v) is 3.87. The standard InChI is InChI=1S/C13H21N3S/c1-9-7-14-6-5-13(9,16-11-3-4-11)12-15-10(2)8-17-12/h8-9,11,14,16H,3-7H2,1-2H3. The molecule has 2 atom stereocenters. The molecule has 3 rings (SSSR count). The molecule has 1 aliphatic heterocycles. The highest BCUT2D eigenvalue weighted by molar-refractivity contribution is 7.09. The Morgan fingerprint density at radius 2 is 2.35 bits per heavy atom. The fraction of sp³-hybridized carbons (Fsp3) is 0.769. The van der Waals surface area contributed by atoms with Crippen LogP contribution in [0.5, 0.6) is 0 Å². The van der Waals surface area contributed by atoms with Crippen LogP contribution < -0.4 is 10.6 Å². The third-order valence-electron chi connectivity index (χ3n) is 4.03. The number of piperidine rings is 1. The smallest absolute Gasteiger partial charge is 0.113 e. The maximum atomic E-state index is 4.77. The second kappa shape index (κ2) is 4.34. The van der Waals surface area contributed by atoms with Crippen molar-refractivity contribution in [3.8, 4) is 0 Å². The van der Waals surface area contributed by atoms with Crippen LogP contribution in [-0.2, 0) is 5.54 Å². The van der Waals surface area contributed by atoms with E-state index >= 15 is 0 Å². The number of nitrogens with one attached hydrogen (secondary N) is 2. The van der Waals surface area contributed by atoms with E-state index in [1.807, 2.05) is 11.3 Å². The predicted molar refractivity (Wildman–Crippen MR) is 71.3 cm³/mol. The van der Waals surface area contributed by atoms with Gasteiger partial charge in [-0.15, -0.1) is 11.3 Å². The molecule has 17 heavy (non-hydrogen) atoms. The van der Waals surface area contributed by atoms with E-state index in [0.717, 1.165) is 31.2 Å². The Labute approximate surface area is 107 Å². The molecule has 3 nitrogen and oxygen atoms in total. The zero-order chi connectivity index (χ0) is 11.9. The number of nitrogens with zero attached hydrogens (tertiary/aromatic N) is 1. The molecule has 0 amide bonds. The summed E-state index contributed by atoms with van der Waals surface area (Å²) in [6, 6.07) is 0.736. The first-order valence-electron chi connectivity index (χ1n) is 6.62. The molecule has 2 fully saturated rings. The Morgan fingerprint density at radius 3 is 2.94 bits per heavy atom. The maximum absolute atomic E-state index is 4.77. The van der Waals surface area contributed by atoms with Gasteiger partial charge in [0.1, 0.15) is 5.01 Å². The summed E-state index contributed by atoms with van der Waals surface area (Å²) in [5.41, 5.74) is 1.29. The van der Waals surface area contributed by atoms with E-state index in [2.05, 4.69) is 29.9 Å². The third kappa shape index (κ3) is 2.14. The summed E-state index contributed by atoms with van der Waals surface area (Å²) in [5, 5.41) is 10.9. The Bertz CT molecular complexity index is 399. The zero-order valence-corrected chi connectivity index (χ0v) is 11.4. The minimum absolute atomic E-state index is 0.130. The fourth-order valence-electron chi connectivity index (χ4n) is 2.77. The van der Waals surface area contributed by atoms with Gasteiger partial charge in [-0.2, -0.15) is 0 Å². The van der Waals surface area contributed by atoms with E-state index in [0.29, 0.717) is 5.92 Å². The zero-order valence-electron chi connectivity index (χ0n) is 10.6. The van der Waals surface area contributed by atoms with Crippen molar-refractivity contribution in [3.05, 3.63) is 16.1 Å². The first-order chi connectivity index (χ1) is 8.21. The largest absolute Gasteiger partial charge is 0.316 e. The molecule has 1 saturated heterocycles. The quantitative estimate of drug-likeness (QED) is 0.863. The molecule has 0 radical (unpaired) electrons. The van der Waals surface area contributed by atoms with Crippen LogP contribution in [0.1, 0.15) is 36.9 Å². The summed E-state index contributed by atoms with van der Waals surface area (Å²) >= 11 is 1.83. The van der Waals surface area contributed by atoms with Gasteiger partial charge in [0.15, 0.2) is 0 Å². The van der Waals surface area contributed by atoms with Gasteiger partial charge in [-0.05, 0) is 45.2 Å². The van der Waals surface area contributed by atoms with Crippen molar-refractivity contribution in [1.82, 2.24) is 15.6 Å². The average Bonchev–Trinajstić information content (AvgIpc) is 3.02. The second-order valence-corrected chi connectivity index (χ2v) is 6.40. The molecule has 0 bridgehead atoms. The van der Waals surface area contributed by atoms with Crippen LogP contribution >= 0.6 is 11.3 Å². The van der Waals surface area contributed by atoms with E-state index in [9.17, 15) is 0 Å². The summed E-state index contributed by atoms with van der Waals surface area (Å²) in [5.74, 6) is 0.613. The second-order valence-electron chi connectivity index (χ2n) is 5.54. The van der Waals surface area contributed by atoms with Gasteiger partial charge < -0.3 is 10.6 Å². The molecule has 0 spiro atoms. The molecule has 2 aliphatic rings. The Balaban J connectivity index is 1.93. The van der Waals surface area contributed by atoms with Crippen LogP contribution in [0.25, 0.3) is 0 Å². The highest BCUT2D eigenvalue weighted by atomic mass is 32.1. The lowest BCUT2D eigenvalue weighted by Crippen LogP contribution is -2.56. The van der Waals surface area contributed by atoms with Crippen LogP contribution in [-0.4, -0.2) is 24.1 Å². The minimum atomic E-state index is 0.130. The van der Waals surface area contributed by atoms with Gasteiger partial charge in [0.25, 0.3) is 0 Å². The van der Waals surface area contributed by atoms with Gasteiger partial charge in [-0.25, -0.2) is 4.98 Å². The molecule has 4 heteroatoms. The lowest BCUT2D eigenvalue weighted by molar-refractivity contribution is 0.164. The Kier molecular flexibility index (Phi) is 2.97. The first-order valence-corrected chi connectivity index (χ1v) is 7.50. The molecule has 2 unspecified atom stereocenters. The van der Waals surface area contributed by atoms with Crippen LogP contribution in [0.4, 0.5) is 0 Å².